The fraction of sp³-hybridized carbons (Fsp3) is 0.667. The normalized spacial score (nSPS) is 40.6. The van der Waals surface area contributed by atoms with Crippen LogP contribution in [0.25, 0.3) is 0 Å². The fourth-order valence-corrected chi connectivity index (χ4v) is 0.812. The van der Waals surface area contributed by atoms with Crippen LogP contribution in [-0.2, 0) is 0 Å². The van der Waals surface area contributed by atoms with Gasteiger partial charge >= 0.3 is 0 Å². The molecular formula is C3H5ClN2O. The molecule has 1 heterocycles. The van der Waals surface area contributed by atoms with Crippen molar-refractivity contribution in [3.63, 3.8) is 0 Å². The lowest BCUT2D eigenvalue weighted by molar-refractivity contribution is -0.765. The maximum absolute atomic E-state index is 10.3. The summed E-state index contributed by atoms with van der Waals surface area (Å²) >= 11 is 5.14. The Morgan fingerprint density at radius 1 is 1.71 bits per heavy atom. The molecule has 0 saturated carbocycles. The lowest BCUT2D eigenvalue weighted by Crippen LogP contribution is -2.52. The molecule has 0 aromatic rings. The van der Waals surface area contributed by atoms with E-state index in [2.05, 4.69) is 0 Å². The van der Waals surface area contributed by atoms with Gasteiger partial charge in [-0.05, 0) is 0 Å². The Hall–Kier alpha value is -0.120. The van der Waals surface area contributed by atoms with Crippen LogP contribution in [-0.4, -0.2) is 23.0 Å². The van der Waals surface area contributed by atoms with Gasteiger partial charge in [-0.2, -0.15) is 0 Å². The van der Waals surface area contributed by atoms with Crippen molar-refractivity contribution in [2.45, 2.75) is 0 Å². The quantitative estimate of drug-likeness (QED) is 0.367. The number of halogens is 1. The standard InChI is InChI=1S/C3H5ClN2O/c4-6(7)1-3(5)2-6/h5H,1-2H2. The zero-order chi connectivity index (χ0) is 5.49. The zero-order valence-electron chi connectivity index (χ0n) is 3.65. The number of hydrogen-bond donors (Lipinski definition) is 1. The number of quaternary nitrogens is 1. The van der Waals surface area contributed by atoms with Crippen molar-refractivity contribution in [3.05, 3.63) is 5.21 Å². The average molecular weight is 121 g/mol. The fourth-order valence-electron chi connectivity index (χ4n) is 0.524. The van der Waals surface area contributed by atoms with Crippen LogP contribution in [0.15, 0.2) is 0 Å². The Balaban J connectivity index is 2.43. The van der Waals surface area contributed by atoms with Crippen molar-refractivity contribution in [1.29, 1.82) is 5.41 Å². The van der Waals surface area contributed by atoms with Crippen LogP contribution >= 0.6 is 11.8 Å². The van der Waals surface area contributed by atoms with Crippen LogP contribution in [0.5, 0.6) is 0 Å². The molecule has 0 radical (unpaired) electrons. The first-order chi connectivity index (χ1) is 3.10. The second kappa shape index (κ2) is 1.18. The molecule has 0 bridgehead atoms. The minimum atomic E-state index is -0.765. The van der Waals surface area contributed by atoms with Gasteiger partial charge in [-0.25, -0.2) is 4.17 Å². The maximum Gasteiger partial charge on any atom is 0.166 e. The van der Waals surface area contributed by atoms with Gasteiger partial charge in [-0.15, -0.1) is 0 Å². The number of hydroxylamine groups is 2. The van der Waals surface area contributed by atoms with Crippen molar-refractivity contribution < 1.29 is 4.17 Å². The van der Waals surface area contributed by atoms with E-state index in [4.69, 9.17) is 17.2 Å². The first-order valence-corrected chi connectivity index (χ1v) is 2.28. The average Bonchev–Trinajstić information content (AvgIpc) is 1.27. The van der Waals surface area contributed by atoms with Crippen LogP contribution < -0.4 is 0 Å². The molecule has 0 aliphatic carbocycles. The molecule has 1 fully saturated rings. The molecule has 0 atom stereocenters. The van der Waals surface area contributed by atoms with Crippen LogP contribution in [0.3, 0.4) is 0 Å². The molecular weight excluding hydrogens is 115 g/mol. The van der Waals surface area contributed by atoms with Crippen molar-refractivity contribution in [1.82, 2.24) is 0 Å². The van der Waals surface area contributed by atoms with E-state index >= 15 is 0 Å². The van der Waals surface area contributed by atoms with Gasteiger partial charge in [0.05, 0.1) is 0 Å². The summed E-state index contributed by atoms with van der Waals surface area (Å²) in [5.41, 5.74) is 0.449. The highest BCUT2D eigenvalue weighted by molar-refractivity contribution is 6.11. The van der Waals surface area contributed by atoms with Crippen molar-refractivity contribution in [2.75, 3.05) is 13.1 Å². The monoisotopic (exact) mass is 120 g/mol. The summed E-state index contributed by atoms with van der Waals surface area (Å²) in [5, 5.41) is 17.1. The second-order valence-electron chi connectivity index (χ2n) is 1.71. The molecule has 1 N–H and O–H groups in total. The topological polar surface area (TPSA) is 46.9 Å². The zero-order valence-corrected chi connectivity index (χ0v) is 4.40. The molecule has 0 spiro atoms. The Bertz CT molecular complexity index is 102. The number of rotatable bonds is 0. The molecule has 1 aliphatic heterocycles. The van der Waals surface area contributed by atoms with Gasteiger partial charge in [0.1, 0.15) is 18.8 Å². The Labute approximate surface area is 46.3 Å². The molecule has 3 nitrogen and oxygen atoms in total. The van der Waals surface area contributed by atoms with Gasteiger partial charge in [0.2, 0.25) is 0 Å². The number of nitrogens with one attached hydrogen (secondary N) is 1. The van der Waals surface area contributed by atoms with Crippen LogP contribution in [0, 0.1) is 10.6 Å². The molecule has 0 aromatic carbocycles. The van der Waals surface area contributed by atoms with Gasteiger partial charge in [-0.3, -0.25) is 5.41 Å². The summed E-state index contributed by atoms with van der Waals surface area (Å²) in [6.45, 7) is 0.336. The first kappa shape index (κ1) is 5.03. The summed E-state index contributed by atoms with van der Waals surface area (Å²) in [6, 6.07) is 0. The smallest absolute Gasteiger partial charge is 0.166 e. The van der Waals surface area contributed by atoms with Gasteiger partial charge in [0.15, 0.2) is 11.8 Å². The van der Waals surface area contributed by atoms with E-state index in [1.165, 1.54) is 0 Å². The number of nitrogens with zero attached hydrogens (tertiary/aromatic N) is 1. The Morgan fingerprint density at radius 3 is 2.14 bits per heavy atom. The maximum atomic E-state index is 10.3. The van der Waals surface area contributed by atoms with E-state index < -0.39 is 4.17 Å². The van der Waals surface area contributed by atoms with E-state index in [0.717, 1.165) is 0 Å². The molecule has 1 rings (SSSR count). The van der Waals surface area contributed by atoms with Crippen molar-refractivity contribution in [3.8, 4) is 0 Å². The van der Waals surface area contributed by atoms with Gasteiger partial charge in [-0.1, -0.05) is 0 Å². The lowest BCUT2D eigenvalue weighted by Gasteiger charge is -2.40. The molecule has 1 aliphatic rings. The summed E-state index contributed by atoms with van der Waals surface area (Å²) < 4.78 is -0.765. The molecule has 0 aromatic heterocycles. The third-order valence-electron chi connectivity index (χ3n) is 0.854. The molecule has 0 amide bonds. The van der Waals surface area contributed by atoms with E-state index in [9.17, 15) is 5.21 Å². The first-order valence-electron chi connectivity index (χ1n) is 1.94. The van der Waals surface area contributed by atoms with Crippen molar-refractivity contribution >= 4 is 17.5 Å². The number of hydrogen-bond acceptors (Lipinski definition) is 2. The third kappa shape index (κ3) is 0.907. The van der Waals surface area contributed by atoms with E-state index in [1.54, 1.807) is 0 Å². The summed E-state index contributed by atoms with van der Waals surface area (Å²) in [4.78, 5) is 0. The SMILES string of the molecule is N=C1C[N+]([O-])(Cl)C1. The highest BCUT2D eigenvalue weighted by atomic mass is 35.5. The molecule has 40 valence electrons. The lowest BCUT2D eigenvalue weighted by atomic mass is 10.2. The van der Waals surface area contributed by atoms with Crippen LogP contribution in [0.2, 0.25) is 0 Å². The van der Waals surface area contributed by atoms with Gasteiger partial charge in [0, 0.05) is 0 Å². The predicted octanol–water partition coefficient (Wildman–Crippen LogP) is 0.488. The molecule has 1 saturated heterocycles. The molecule has 7 heavy (non-hydrogen) atoms. The third-order valence-corrected chi connectivity index (χ3v) is 1.09. The summed E-state index contributed by atoms with van der Waals surface area (Å²) in [5.74, 6) is 0. The van der Waals surface area contributed by atoms with Crippen LogP contribution in [0.4, 0.5) is 0 Å². The minimum absolute atomic E-state index is 0.168. The van der Waals surface area contributed by atoms with E-state index in [0.29, 0.717) is 5.71 Å². The Kier molecular flexibility index (Phi) is 0.849. The van der Waals surface area contributed by atoms with Crippen LogP contribution in [0.1, 0.15) is 0 Å². The van der Waals surface area contributed by atoms with Crippen molar-refractivity contribution in [2.24, 2.45) is 0 Å². The summed E-state index contributed by atoms with van der Waals surface area (Å²) in [6.07, 6.45) is 0. The molecule has 4 heteroatoms. The van der Waals surface area contributed by atoms with Gasteiger partial charge < -0.3 is 5.21 Å². The van der Waals surface area contributed by atoms with Gasteiger partial charge in [0.25, 0.3) is 0 Å². The Morgan fingerprint density at radius 2 is 2.14 bits per heavy atom. The largest absolute Gasteiger partial charge is 0.613 e. The highest BCUT2D eigenvalue weighted by Crippen LogP contribution is 2.17. The highest BCUT2D eigenvalue weighted by Gasteiger charge is 2.30. The minimum Gasteiger partial charge on any atom is -0.613 e. The predicted molar refractivity (Wildman–Crippen MR) is 26.9 cm³/mol. The van der Waals surface area contributed by atoms with E-state index in [-0.39, 0.29) is 13.1 Å². The van der Waals surface area contributed by atoms with E-state index in [1.807, 2.05) is 0 Å². The molecule has 0 unspecified atom stereocenters. The summed E-state index contributed by atoms with van der Waals surface area (Å²) in [7, 11) is 0. The second-order valence-corrected chi connectivity index (χ2v) is 2.33.